The zero-order chi connectivity index (χ0) is 25.7. The number of hydrogen-bond donors (Lipinski definition) is 0. The van der Waals surface area contributed by atoms with Gasteiger partial charge in [-0.15, -0.1) is 0 Å². The number of fused-ring (bicyclic) bond motifs is 3. The van der Waals surface area contributed by atoms with Crippen molar-refractivity contribution >= 4 is 11.8 Å². The van der Waals surface area contributed by atoms with Crippen molar-refractivity contribution in [1.29, 1.82) is 0 Å². The summed E-state index contributed by atoms with van der Waals surface area (Å²) in [6.07, 6.45) is 5.68. The minimum absolute atomic E-state index is 0.0741. The van der Waals surface area contributed by atoms with E-state index in [0.717, 1.165) is 57.0 Å². The molecule has 2 fully saturated rings. The van der Waals surface area contributed by atoms with Crippen molar-refractivity contribution in [1.82, 2.24) is 19.6 Å². The normalized spacial score (nSPS) is 25.7. The Morgan fingerprint density at radius 1 is 1.06 bits per heavy atom. The Morgan fingerprint density at radius 3 is 2.56 bits per heavy atom. The molecule has 36 heavy (non-hydrogen) atoms. The predicted octanol–water partition coefficient (Wildman–Crippen LogP) is 3.11. The average molecular weight is 497 g/mol. The van der Waals surface area contributed by atoms with E-state index < -0.39 is 0 Å². The lowest BCUT2D eigenvalue weighted by Gasteiger charge is -2.40. The van der Waals surface area contributed by atoms with Crippen molar-refractivity contribution in [2.75, 3.05) is 66.0 Å². The molecule has 3 aliphatic rings. The number of para-hydroxylation sites is 1. The number of benzene rings is 1. The van der Waals surface area contributed by atoms with Gasteiger partial charge in [0.05, 0.1) is 6.54 Å². The minimum Gasteiger partial charge on any atom is -0.489 e. The first-order chi connectivity index (χ1) is 17.2. The Labute approximate surface area is 217 Å². The van der Waals surface area contributed by atoms with Crippen molar-refractivity contribution in [3.05, 3.63) is 42.0 Å². The number of likely N-dealkylation sites (N-methyl/N-ethyl adjacent to an activating group) is 1. The second-order valence-corrected chi connectivity index (χ2v) is 12.0. The Hall–Kier alpha value is -2.38. The van der Waals surface area contributed by atoms with Gasteiger partial charge in [0.25, 0.3) is 0 Å². The van der Waals surface area contributed by atoms with E-state index in [1.807, 2.05) is 28.0 Å². The Morgan fingerprint density at radius 2 is 1.81 bits per heavy atom. The van der Waals surface area contributed by atoms with Gasteiger partial charge < -0.3 is 19.4 Å². The fourth-order valence-electron chi connectivity index (χ4n) is 5.65. The zero-order valence-corrected chi connectivity index (χ0v) is 22.6. The molecule has 7 nitrogen and oxygen atoms in total. The first-order valence-electron chi connectivity index (χ1n) is 13.5. The molecule has 4 rings (SSSR count). The SMILES string of the molecule is CN1CCN(C(=O)C[C@@H]2CCN3C[C@@H]2/C=C\COc2ccccc2CN(CC(C)(C)C)CC3=O)CC1. The summed E-state index contributed by atoms with van der Waals surface area (Å²) in [5.74, 6) is 1.72. The molecular weight excluding hydrogens is 452 g/mol. The van der Waals surface area contributed by atoms with Crippen LogP contribution in [0.4, 0.5) is 0 Å². The summed E-state index contributed by atoms with van der Waals surface area (Å²) < 4.78 is 6.17. The number of nitrogens with zero attached hydrogens (tertiary/aromatic N) is 4. The summed E-state index contributed by atoms with van der Waals surface area (Å²) in [6, 6.07) is 8.14. The number of piperazine rings is 1. The highest BCUT2D eigenvalue weighted by molar-refractivity contribution is 5.79. The van der Waals surface area contributed by atoms with Crippen LogP contribution in [0.2, 0.25) is 0 Å². The highest BCUT2D eigenvalue weighted by Gasteiger charge is 2.34. The van der Waals surface area contributed by atoms with Gasteiger partial charge in [-0.1, -0.05) is 51.1 Å². The van der Waals surface area contributed by atoms with E-state index in [1.54, 1.807) is 0 Å². The number of piperidine rings is 1. The highest BCUT2D eigenvalue weighted by atomic mass is 16.5. The maximum atomic E-state index is 13.5. The first kappa shape index (κ1) is 26.7. The molecule has 2 atom stereocenters. The first-order valence-corrected chi connectivity index (χ1v) is 13.5. The number of ether oxygens (including phenoxy) is 1. The molecule has 3 aliphatic heterocycles. The third kappa shape index (κ3) is 7.32. The number of carbonyl (C=O) groups is 2. The molecule has 1 aromatic carbocycles. The van der Waals surface area contributed by atoms with E-state index in [4.69, 9.17) is 4.74 Å². The van der Waals surface area contributed by atoms with Gasteiger partial charge in [-0.3, -0.25) is 14.5 Å². The molecule has 1 aromatic rings. The van der Waals surface area contributed by atoms with Crippen LogP contribution in [-0.4, -0.2) is 97.4 Å². The maximum Gasteiger partial charge on any atom is 0.236 e. The van der Waals surface area contributed by atoms with Crippen LogP contribution in [0.1, 0.15) is 39.2 Å². The second kappa shape index (κ2) is 11.8. The van der Waals surface area contributed by atoms with Gasteiger partial charge in [0.1, 0.15) is 12.4 Å². The third-order valence-electron chi connectivity index (χ3n) is 7.59. The van der Waals surface area contributed by atoms with Gasteiger partial charge in [0.2, 0.25) is 11.8 Å². The Kier molecular flexibility index (Phi) is 8.73. The molecule has 198 valence electrons. The van der Waals surface area contributed by atoms with E-state index in [1.165, 1.54) is 0 Å². The van der Waals surface area contributed by atoms with E-state index in [-0.39, 0.29) is 29.1 Å². The molecule has 2 bridgehead atoms. The van der Waals surface area contributed by atoms with Crippen LogP contribution in [0.25, 0.3) is 0 Å². The minimum atomic E-state index is 0.0741. The van der Waals surface area contributed by atoms with Crippen molar-refractivity contribution in [3.63, 3.8) is 0 Å². The fraction of sp³-hybridized carbons (Fsp3) is 0.655. The van der Waals surface area contributed by atoms with Crippen molar-refractivity contribution in [3.8, 4) is 5.75 Å². The van der Waals surface area contributed by atoms with Crippen LogP contribution in [-0.2, 0) is 16.1 Å². The third-order valence-corrected chi connectivity index (χ3v) is 7.59. The molecule has 3 heterocycles. The summed E-state index contributed by atoms with van der Waals surface area (Å²) >= 11 is 0. The van der Waals surface area contributed by atoms with E-state index in [0.29, 0.717) is 32.7 Å². The molecule has 0 radical (unpaired) electrons. The van der Waals surface area contributed by atoms with Gasteiger partial charge in [-0.05, 0) is 36.8 Å². The van der Waals surface area contributed by atoms with Crippen LogP contribution in [0.5, 0.6) is 5.75 Å². The van der Waals surface area contributed by atoms with E-state index >= 15 is 0 Å². The summed E-state index contributed by atoms with van der Waals surface area (Å²) in [6.45, 7) is 13.9. The van der Waals surface area contributed by atoms with E-state index in [9.17, 15) is 9.59 Å². The van der Waals surface area contributed by atoms with Crippen LogP contribution in [0.15, 0.2) is 36.4 Å². The lowest BCUT2D eigenvalue weighted by molar-refractivity contribution is -0.136. The smallest absolute Gasteiger partial charge is 0.236 e. The van der Waals surface area contributed by atoms with Gasteiger partial charge in [0.15, 0.2) is 0 Å². The van der Waals surface area contributed by atoms with Crippen molar-refractivity contribution in [2.45, 2.75) is 40.2 Å². The molecule has 0 spiro atoms. The molecule has 0 N–H and O–H groups in total. The van der Waals surface area contributed by atoms with Gasteiger partial charge in [-0.2, -0.15) is 0 Å². The summed E-state index contributed by atoms with van der Waals surface area (Å²) in [5, 5.41) is 0. The molecule has 7 heteroatoms. The average Bonchev–Trinajstić information content (AvgIpc) is 2.83. The van der Waals surface area contributed by atoms with Gasteiger partial charge in [0, 0.05) is 64.3 Å². The quantitative estimate of drug-likeness (QED) is 0.602. The topological polar surface area (TPSA) is 56.3 Å². The van der Waals surface area contributed by atoms with Crippen LogP contribution >= 0.6 is 0 Å². The maximum absolute atomic E-state index is 13.5. The molecule has 0 unspecified atom stereocenters. The summed E-state index contributed by atoms with van der Waals surface area (Å²) in [7, 11) is 2.11. The van der Waals surface area contributed by atoms with Crippen LogP contribution in [0, 0.1) is 17.3 Å². The van der Waals surface area contributed by atoms with Crippen LogP contribution in [0.3, 0.4) is 0 Å². The molecule has 0 aliphatic carbocycles. The van der Waals surface area contributed by atoms with Crippen LogP contribution < -0.4 is 4.74 Å². The monoisotopic (exact) mass is 496 g/mol. The van der Waals surface area contributed by atoms with Crippen molar-refractivity contribution < 1.29 is 14.3 Å². The summed E-state index contributed by atoms with van der Waals surface area (Å²) in [4.78, 5) is 35.2. The Bertz CT molecular complexity index is 933. The molecule has 0 saturated carbocycles. The Balaban J connectivity index is 1.50. The van der Waals surface area contributed by atoms with Crippen molar-refractivity contribution in [2.24, 2.45) is 17.3 Å². The lowest BCUT2D eigenvalue weighted by Crippen LogP contribution is -2.50. The fourth-order valence-corrected chi connectivity index (χ4v) is 5.65. The van der Waals surface area contributed by atoms with E-state index in [2.05, 4.69) is 55.8 Å². The number of amides is 2. The summed E-state index contributed by atoms with van der Waals surface area (Å²) in [5.41, 5.74) is 1.18. The molecular formula is C29H44N4O3. The highest BCUT2D eigenvalue weighted by Crippen LogP contribution is 2.30. The zero-order valence-electron chi connectivity index (χ0n) is 22.6. The van der Waals surface area contributed by atoms with Gasteiger partial charge in [-0.25, -0.2) is 0 Å². The standard InChI is InChI=1S/C29H44N4O3/c1-29(2,3)22-31-19-25-8-5-6-10-26(25)36-17-7-9-24-20-33(28(35)21-31)12-11-23(24)18-27(34)32-15-13-30(4)14-16-32/h5-10,23-24H,11-22H2,1-4H3/b9-7-/t23-,24-/m0/s1. The number of hydrogen-bond acceptors (Lipinski definition) is 5. The largest absolute Gasteiger partial charge is 0.489 e. The molecule has 2 amide bonds. The van der Waals surface area contributed by atoms with Gasteiger partial charge >= 0.3 is 0 Å². The second-order valence-electron chi connectivity index (χ2n) is 12.0. The molecule has 0 aromatic heterocycles. The molecule has 2 saturated heterocycles. The number of carbonyl (C=O) groups excluding carboxylic acids is 2. The number of rotatable bonds is 3. The lowest BCUT2D eigenvalue weighted by atomic mass is 9.82. The predicted molar refractivity (Wildman–Crippen MR) is 143 cm³/mol.